The number of aromatic nitrogens is 1. The molecule has 2 rings (SSSR count). The first-order valence-electron chi connectivity index (χ1n) is 4.82. The molecule has 1 aromatic heterocycles. The lowest BCUT2D eigenvalue weighted by atomic mass is 10.1. The highest BCUT2D eigenvalue weighted by Gasteiger charge is 2.10. The molecule has 0 saturated carbocycles. The molecule has 4 nitrogen and oxygen atoms in total. The van der Waals surface area contributed by atoms with Gasteiger partial charge in [0.15, 0.2) is 0 Å². The van der Waals surface area contributed by atoms with E-state index in [1.807, 2.05) is 0 Å². The van der Waals surface area contributed by atoms with Gasteiger partial charge in [-0.15, -0.1) is 0 Å². The summed E-state index contributed by atoms with van der Waals surface area (Å²) in [5.74, 6) is -1.53. The molecule has 0 radical (unpaired) electrons. The fourth-order valence-electron chi connectivity index (χ4n) is 1.45. The molecule has 3 N–H and O–H groups in total. The first kappa shape index (κ1) is 11.1. The van der Waals surface area contributed by atoms with E-state index in [2.05, 4.69) is 4.98 Å². The number of hydrogen-bond donors (Lipinski definition) is 2. The number of rotatable bonds is 2. The van der Waals surface area contributed by atoms with Crippen molar-refractivity contribution in [2.24, 2.45) is 0 Å². The van der Waals surface area contributed by atoms with E-state index in [0.29, 0.717) is 11.1 Å². The molecule has 1 heterocycles. The summed E-state index contributed by atoms with van der Waals surface area (Å²) in [6.07, 6.45) is 1.45. The molecule has 0 spiro atoms. The lowest BCUT2D eigenvalue weighted by Crippen LogP contribution is -2.04. The minimum atomic E-state index is -1.14. The number of nitrogens with two attached hydrogens (primary N) is 1. The molecule has 1 aromatic carbocycles. The van der Waals surface area contributed by atoms with Gasteiger partial charge in [0.05, 0.1) is 0 Å². The molecule has 0 aliphatic rings. The van der Waals surface area contributed by atoms with Crippen LogP contribution in [-0.2, 0) is 0 Å². The molecular weight excluding hydrogens is 223 g/mol. The summed E-state index contributed by atoms with van der Waals surface area (Å²) >= 11 is 0. The van der Waals surface area contributed by atoms with Crippen molar-refractivity contribution in [3.8, 4) is 11.1 Å². The van der Waals surface area contributed by atoms with Crippen LogP contribution in [0.15, 0.2) is 36.5 Å². The lowest BCUT2D eigenvalue weighted by Gasteiger charge is -2.04. The fourth-order valence-corrected chi connectivity index (χ4v) is 1.45. The van der Waals surface area contributed by atoms with Gasteiger partial charge >= 0.3 is 5.97 Å². The Balaban J connectivity index is 2.50. The third kappa shape index (κ3) is 2.23. The van der Waals surface area contributed by atoms with Crippen LogP contribution in [0.2, 0.25) is 0 Å². The van der Waals surface area contributed by atoms with Crippen molar-refractivity contribution in [3.63, 3.8) is 0 Å². The van der Waals surface area contributed by atoms with Gasteiger partial charge < -0.3 is 10.8 Å². The average molecular weight is 232 g/mol. The minimum Gasteiger partial charge on any atom is -0.478 e. The molecule has 86 valence electrons. The van der Waals surface area contributed by atoms with Crippen LogP contribution >= 0.6 is 0 Å². The summed E-state index contributed by atoms with van der Waals surface area (Å²) in [6, 6.07) is 7.11. The Morgan fingerprint density at radius 2 is 1.88 bits per heavy atom. The Hall–Kier alpha value is -2.43. The number of carbonyl (C=O) groups is 1. The zero-order valence-corrected chi connectivity index (χ0v) is 8.72. The maximum Gasteiger partial charge on any atom is 0.339 e. The van der Waals surface area contributed by atoms with Crippen LogP contribution in [0.4, 0.5) is 10.2 Å². The van der Waals surface area contributed by atoms with E-state index >= 15 is 0 Å². The number of pyridine rings is 1. The third-order valence-electron chi connectivity index (χ3n) is 2.33. The van der Waals surface area contributed by atoms with Gasteiger partial charge in [-0.3, -0.25) is 0 Å². The highest BCUT2D eigenvalue weighted by atomic mass is 19.1. The van der Waals surface area contributed by atoms with Gasteiger partial charge in [-0.2, -0.15) is 0 Å². The Labute approximate surface area is 96.5 Å². The second-order valence-electron chi connectivity index (χ2n) is 3.47. The van der Waals surface area contributed by atoms with Gasteiger partial charge in [0.2, 0.25) is 0 Å². The first-order valence-corrected chi connectivity index (χ1v) is 4.82. The van der Waals surface area contributed by atoms with E-state index in [-0.39, 0.29) is 17.2 Å². The Kier molecular flexibility index (Phi) is 2.74. The minimum absolute atomic E-state index is 0.0386. The highest BCUT2D eigenvalue weighted by molar-refractivity contribution is 5.94. The zero-order valence-electron chi connectivity index (χ0n) is 8.72. The van der Waals surface area contributed by atoms with Crippen LogP contribution in [0.5, 0.6) is 0 Å². The number of carboxylic acids is 1. The van der Waals surface area contributed by atoms with Crippen molar-refractivity contribution in [2.45, 2.75) is 0 Å². The molecule has 0 amide bonds. The quantitative estimate of drug-likeness (QED) is 0.831. The number of nitrogen functional groups attached to an aromatic ring is 1. The number of carboxylic acid groups (broad SMARTS) is 1. The molecule has 5 heteroatoms. The van der Waals surface area contributed by atoms with Gasteiger partial charge in [-0.25, -0.2) is 14.2 Å². The lowest BCUT2D eigenvalue weighted by molar-refractivity contribution is 0.0697. The van der Waals surface area contributed by atoms with E-state index < -0.39 is 5.97 Å². The topological polar surface area (TPSA) is 76.2 Å². The van der Waals surface area contributed by atoms with Gasteiger partial charge in [-0.1, -0.05) is 12.1 Å². The molecule has 2 aromatic rings. The number of nitrogens with zero attached hydrogens (tertiary/aromatic N) is 1. The molecule has 0 fully saturated rings. The Morgan fingerprint density at radius 1 is 1.24 bits per heavy atom. The number of hydrogen-bond acceptors (Lipinski definition) is 3. The average Bonchev–Trinajstić information content (AvgIpc) is 2.30. The van der Waals surface area contributed by atoms with E-state index in [0.717, 1.165) is 0 Å². The second kappa shape index (κ2) is 4.21. The largest absolute Gasteiger partial charge is 0.478 e. The van der Waals surface area contributed by atoms with Crippen molar-refractivity contribution in [1.29, 1.82) is 0 Å². The molecule has 17 heavy (non-hydrogen) atoms. The van der Waals surface area contributed by atoms with Crippen LogP contribution in [0.25, 0.3) is 11.1 Å². The maximum atomic E-state index is 12.7. The summed E-state index contributed by atoms with van der Waals surface area (Å²) in [4.78, 5) is 14.7. The molecule has 0 aliphatic heterocycles. The van der Waals surface area contributed by atoms with Crippen LogP contribution in [0.3, 0.4) is 0 Å². The van der Waals surface area contributed by atoms with Gasteiger partial charge in [-0.05, 0) is 23.8 Å². The fraction of sp³-hybridized carbons (Fsp3) is 0. The number of anilines is 1. The predicted octanol–water partition coefficient (Wildman–Crippen LogP) is 2.17. The number of halogens is 1. The van der Waals surface area contributed by atoms with Crippen LogP contribution in [0, 0.1) is 5.82 Å². The van der Waals surface area contributed by atoms with E-state index in [1.165, 1.54) is 24.4 Å². The van der Waals surface area contributed by atoms with E-state index in [4.69, 9.17) is 10.8 Å². The van der Waals surface area contributed by atoms with Crippen molar-refractivity contribution >= 4 is 11.8 Å². The summed E-state index contributed by atoms with van der Waals surface area (Å²) in [7, 11) is 0. The second-order valence-corrected chi connectivity index (χ2v) is 3.47. The zero-order chi connectivity index (χ0) is 12.4. The summed E-state index contributed by atoms with van der Waals surface area (Å²) in [5, 5.41) is 8.90. The van der Waals surface area contributed by atoms with E-state index in [1.54, 1.807) is 12.1 Å². The van der Waals surface area contributed by atoms with Gasteiger partial charge in [0.1, 0.15) is 17.2 Å². The van der Waals surface area contributed by atoms with Gasteiger partial charge in [0.25, 0.3) is 0 Å². The van der Waals surface area contributed by atoms with Crippen molar-refractivity contribution < 1.29 is 14.3 Å². The van der Waals surface area contributed by atoms with Crippen LogP contribution in [0.1, 0.15) is 10.4 Å². The third-order valence-corrected chi connectivity index (χ3v) is 2.33. The molecule has 0 bridgehead atoms. The standard InChI is InChI=1S/C12H9FN2O2/c13-9-3-1-7(2-4-9)8-5-10(12(16)17)11(14)15-6-8/h1-6H,(H2,14,15)(H,16,17). The smallest absolute Gasteiger partial charge is 0.339 e. The predicted molar refractivity (Wildman–Crippen MR) is 61.0 cm³/mol. The van der Waals surface area contributed by atoms with Crippen LogP contribution in [-0.4, -0.2) is 16.1 Å². The maximum absolute atomic E-state index is 12.7. The van der Waals surface area contributed by atoms with Crippen LogP contribution < -0.4 is 5.73 Å². The summed E-state index contributed by atoms with van der Waals surface area (Å²) < 4.78 is 12.7. The summed E-state index contributed by atoms with van der Waals surface area (Å²) in [5.41, 5.74) is 6.64. The number of aromatic carboxylic acids is 1. The highest BCUT2D eigenvalue weighted by Crippen LogP contribution is 2.22. The molecule has 0 aliphatic carbocycles. The summed E-state index contributed by atoms with van der Waals surface area (Å²) in [6.45, 7) is 0. The Bertz CT molecular complexity index is 567. The van der Waals surface area contributed by atoms with Crippen molar-refractivity contribution in [2.75, 3.05) is 5.73 Å². The molecule has 0 atom stereocenters. The number of benzene rings is 1. The van der Waals surface area contributed by atoms with Gasteiger partial charge in [0, 0.05) is 11.8 Å². The SMILES string of the molecule is Nc1ncc(-c2ccc(F)cc2)cc1C(=O)O. The van der Waals surface area contributed by atoms with Crippen molar-refractivity contribution in [1.82, 2.24) is 4.98 Å². The Morgan fingerprint density at radius 3 is 2.47 bits per heavy atom. The van der Waals surface area contributed by atoms with Crippen molar-refractivity contribution in [3.05, 3.63) is 47.9 Å². The molecule has 0 unspecified atom stereocenters. The van der Waals surface area contributed by atoms with E-state index in [9.17, 15) is 9.18 Å². The molecule has 0 saturated heterocycles. The first-order chi connectivity index (χ1) is 8.08. The monoisotopic (exact) mass is 232 g/mol. The normalized spacial score (nSPS) is 10.2. The molecular formula is C12H9FN2O2.